The number of thioether (sulfide) groups is 1. The summed E-state index contributed by atoms with van der Waals surface area (Å²) in [5, 5.41) is 20.8. The fourth-order valence-corrected chi connectivity index (χ4v) is 3.33. The quantitative estimate of drug-likeness (QED) is 0.558. The lowest BCUT2D eigenvalue weighted by atomic mass is 10.1. The molecular weight excluding hydrogens is 378 g/mol. The molecule has 1 atom stereocenters. The first-order valence-corrected chi connectivity index (χ1v) is 9.52. The van der Waals surface area contributed by atoms with Crippen molar-refractivity contribution in [2.75, 3.05) is 5.75 Å². The zero-order chi connectivity index (χ0) is 19.9. The molecule has 0 aliphatic carbocycles. The molecule has 28 heavy (non-hydrogen) atoms. The van der Waals surface area contributed by atoms with Gasteiger partial charge < -0.3 is 15.0 Å². The molecule has 3 rings (SSSR count). The van der Waals surface area contributed by atoms with Crippen LogP contribution in [0.1, 0.15) is 5.56 Å². The number of aliphatic carboxylic acids is 1. The molecule has 0 saturated carbocycles. The molecule has 0 radical (unpaired) electrons. The molecule has 1 amide bonds. The molecule has 2 heterocycles. The van der Waals surface area contributed by atoms with Crippen molar-refractivity contribution in [1.29, 1.82) is 0 Å². The number of carboxylic acid groups (broad SMARTS) is 1. The zero-order valence-electron chi connectivity index (χ0n) is 15.1. The molecule has 0 spiro atoms. The minimum atomic E-state index is -1.07. The van der Waals surface area contributed by atoms with Crippen LogP contribution in [0.5, 0.6) is 0 Å². The second kappa shape index (κ2) is 9.14. The van der Waals surface area contributed by atoms with Crippen LogP contribution in [0, 0.1) is 0 Å². The molecule has 0 aliphatic heterocycles. The van der Waals surface area contributed by atoms with Gasteiger partial charge in [-0.1, -0.05) is 42.1 Å². The van der Waals surface area contributed by atoms with E-state index in [-0.39, 0.29) is 18.1 Å². The van der Waals surface area contributed by atoms with E-state index < -0.39 is 12.0 Å². The van der Waals surface area contributed by atoms with Crippen molar-refractivity contribution in [3.8, 4) is 11.4 Å². The van der Waals surface area contributed by atoms with Crippen LogP contribution in [-0.2, 0) is 23.1 Å². The number of pyridine rings is 1. The van der Waals surface area contributed by atoms with Gasteiger partial charge in [0.05, 0.1) is 5.75 Å². The first-order chi connectivity index (χ1) is 13.5. The summed E-state index contributed by atoms with van der Waals surface area (Å²) >= 11 is 1.20. The van der Waals surface area contributed by atoms with Crippen LogP contribution in [-0.4, -0.2) is 48.5 Å². The van der Waals surface area contributed by atoms with Gasteiger partial charge in [-0.2, -0.15) is 0 Å². The lowest BCUT2D eigenvalue weighted by Gasteiger charge is -2.14. The SMILES string of the molecule is Cn1c(SCC(=O)NC(Cc2ccccc2)C(=O)O)nnc1-c1ccncc1. The lowest BCUT2D eigenvalue weighted by Crippen LogP contribution is -2.43. The Kier molecular flexibility index (Phi) is 6.38. The third-order valence-electron chi connectivity index (χ3n) is 4.02. The number of hydrogen-bond donors (Lipinski definition) is 2. The minimum Gasteiger partial charge on any atom is -0.480 e. The topological polar surface area (TPSA) is 110 Å². The Bertz CT molecular complexity index is 947. The van der Waals surface area contributed by atoms with E-state index in [2.05, 4.69) is 20.5 Å². The minimum absolute atomic E-state index is 0.0425. The Morgan fingerprint density at radius 2 is 1.86 bits per heavy atom. The van der Waals surface area contributed by atoms with Gasteiger partial charge in [-0.25, -0.2) is 4.79 Å². The molecule has 0 saturated heterocycles. The summed E-state index contributed by atoms with van der Waals surface area (Å²) in [4.78, 5) is 27.7. The second-order valence-corrected chi connectivity index (χ2v) is 6.98. The van der Waals surface area contributed by atoms with E-state index in [0.29, 0.717) is 11.0 Å². The van der Waals surface area contributed by atoms with Crippen LogP contribution >= 0.6 is 11.8 Å². The summed E-state index contributed by atoms with van der Waals surface area (Å²) in [7, 11) is 1.81. The number of carboxylic acids is 1. The Hall–Kier alpha value is -3.20. The summed E-state index contributed by atoms with van der Waals surface area (Å²) in [6, 6.07) is 11.9. The van der Waals surface area contributed by atoms with Crippen molar-refractivity contribution in [2.24, 2.45) is 7.05 Å². The number of amides is 1. The maximum absolute atomic E-state index is 12.2. The van der Waals surface area contributed by atoms with Crippen LogP contribution in [0.15, 0.2) is 60.0 Å². The number of benzene rings is 1. The van der Waals surface area contributed by atoms with Gasteiger partial charge in [-0.05, 0) is 17.7 Å². The first-order valence-electron chi connectivity index (χ1n) is 8.53. The number of carbonyl (C=O) groups excluding carboxylic acids is 1. The third-order valence-corrected chi connectivity index (χ3v) is 5.04. The summed E-state index contributed by atoms with van der Waals surface area (Å²) in [6.45, 7) is 0. The average Bonchev–Trinajstić information content (AvgIpc) is 3.07. The predicted molar refractivity (Wildman–Crippen MR) is 105 cm³/mol. The molecule has 0 fully saturated rings. The molecule has 2 aromatic heterocycles. The van der Waals surface area contributed by atoms with Crippen molar-refractivity contribution in [1.82, 2.24) is 25.1 Å². The Morgan fingerprint density at radius 3 is 2.54 bits per heavy atom. The van der Waals surface area contributed by atoms with Gasteiger partial charge in [0, 0.05) is 31.4 Å². The molecule has 1 unspecified atom stereocenters. The molecule has 0 bridgehead atoms. The van der Waals surface area contributed by atoms with Gasteiger partial charge in [0.25, 0.3) is 0 Å². The fraction of sp³-hybridized carbons (Fsp3) is 0.211. The maximum Gasteiger partial charge on any atom is 0.326 e. The highest BCUT2D eigenvalue weighted by atomic mass is 32.2. The highest BCUT2D eigenvalue weighted by Crippen LogP contribution is 2.21. The van der Waals surface area contributed by atoms with Crippen LogP contribution < -0.4 is 5.32 Å². The second-order valence-electron chi connectivity index (χ2n) is 6.04. The highest BCUT2D eigenvalue weighted by Gasteiger charge is 2.21. The van der Waals surface area contributed by atoms with E-state index in [4.69, 9.17) is 0 Å². The predicted octanol–water partition coefficient (Wildman–Crippen LogP) is 1.78. The van der Waals surface area contributed by atoms with E-state index in [1.807, 2.05) is 49.5 Å². The molecule has 3 aromatic rings. The van der Waals surface area contributed by atoms with E-state index in [1.54, 1.807) is 17.0 Å². The van der Waals surface area contributed by atoms with Crippen LogP contribution in [0.4, 0.5) is 0 Å². The monoisotopic (exact) mass is 397 g/mol. The highest BCUT2D eigenvalue weighted by molar-refractivity contribution is 7.99. The number of nitrogens with zero attached hydrogens (tertiary/aromatic N) is 4. The molecular formula is C19H19N5O3S. The van der Waals surface area contributed by atoms with Crippen LogP contribution in [0.2, 0.25) is 0 Å². The van der Waals surface area contributed by atoms with E-state index in [1.165, 1.54) is 11.8 Å². The third kappa shape index (κ3) is 4.95. The zero-order valence-corrected chi connectivity index (χ0v) is 16.0. The number of aromatic nitrogens is 4. The Labute approximate surface area is 166 Å². The van der Waals surface area contributed by atoms with Gasteiger partial charge in [-0.15, -0.1) is 10.2 Å². The van der Waals surface area contributed by atoms with Crippen molar-refractivity contribution in [3.05, 3.63) is 60.4 Å². The number of carbonyl (C=O) groups is 2. The standard InChI is InChI=1S/C19H19N5O3S/c1-24-17(14-7-9-20-10-8-14)22-23-19(24)28-12-16(25)21-15(18(26)27)11-13-5-3-2-4-6-13/h2-10,15H,11-12H2,1H3,(H,21,25)(H,26,27). The Balaban J connectivity index is 1.59. The van der Waals surface area contributed by atoms with E-state index in [0.717, 1.165) is 11.1 Å². The maximum atomic E-state index is 12.2. The van der Waals surface area contributed by atoms with Crippen molar-refractivity contribution in [3.63, 3.8) is 0 Å². The number of hydrogen-bond acceptors (Lipinski definition) is 6. The van der Waals surface area contributed by atoms with Gasteiger partial charge in [0.2, 0.25) is 5.91 Å². The molecule has 1 aromatic carbocycles. The lowest BCUT2D eigenvalue weighted by molar-refractivity contribution is -0.141. The van der Waals surface area contributed by atoms with Crippen LogP contribution in [0.3, 0.4) is 0 Å². The smallest absolute Gasteiger partial charge is 0.326 e. The summed E-state index contributed by atoms with van der Waals surface area (Å²) in [5.74, 6) is -0.735. The first kappa shape index (κ1) is 19.6. The Morgan fingerprint density at radius 1 is 1.14 bits per heavy atom. The number of nitrogens with one attached hydrogen (secondary N) is 1. The number of rotatable bonds is 8. The summed E-state index contributed by atoms with van der Waals surface area (Å²) < 4.78 is 1.78. The molecule has 8 nitrogen and oxygen atoms in total. The van der Waals surface area contributed by atoms with Gasteiger partial charge in [-0.3, -0.25) is 9.78 Å². The molecule has 2 N–H and O–H groups in total. The normalized spacial score (nSPS) is 11.8. The largest absolute Gasteiger partial charge is 0.480 e. The van der Waals surface area contributed by atoms with Gasteiger partial charge >= 0.3 is 5.97 Å². The van der Waals surface area contributed by atoms with Gasteiger partial charge in [0.1, 0.15) is 6.04 Å². The van der Waals surface area contributed by atoms with Gasteiger partial charge in [0.15, 0.2) is 11.0 Å². The average molecular weight is 397 g/mol. The molecule has 0 aliphatic rings. The van der Waals surface area contributed by atoms with E-state index in [9.17, 15) is 14.7 Å². The van der Waals surface area contributed by atoms with Crippen LogP contribution in [0.25, 0.3) is 11.4 Å². The summed E-state index contributed by atoms with van der Waals surface area (Å²) in [5.41, 5.74) is 1.72. The van der Waals surface area contributed by atoms with Crippen molar-refractivity contribution >= 4 is 23.6 Å². The molecule has 9 heteroatoms. The molecule has 144 valence electrons. The van der Waals surface area contributed by atoms with Crippen molar-refractivity contribution in [2.45, 2.75) is 17.6 Å². The van der Waals surface area contributed by atoms with E-state index >= 15 is 0 Å². The van der Waals surface area contributed by atoms with Crippen molar-refractivity contribution < 1.29 is 14.7 Å². The summed E-state index contributed by atoms with van der Waals surface area (Å²) in [6.07, 6.45) is 3.56. The fourth-order valence-electron chi connectivity index (χ4n) is 2.61.